The zero-order chi connectivity index (χ0) is 11.6. The Hall–Kier alpha value is -1.36. The molecule has 0 bridgehead atoms. The van der Waals surface area contributed by atoms with Crippen LogP contribution in [0, 0.1) is 13.8 Å². The van der Waals surface area contributed by atoms with E-state index in [1.165, 1.54) is 0 Å². The number of carbonyl (C=O) groups excluding carboxylic acids is 1. The Morgan fingerprint density at radius 3 is 2.53 bits per heavy atom. The molecule has 0 aliphatic carbocycles. The number of nitrogens with two attached hydrogens (primary N) is 1. The first kappa shape index (κ1) is 11.7. The second-order valence-corrected chi connectivity index (χ2v) is 4.33. The van der Waals surface area contributed by atoms with Crippen molar-refractivity contribution in [2.45, 2.75) is 33.2 Å². The minimum atomic E-state index is -0.438. The van der Waals surface area contributed by atoms with Crippen LogP contribution in [0.25, 0.3) is 0 Å². The number of aryl methyl sites for hydroxylation is 2. The summed E-state index contributed by atoms with van der Waals surface area (Å²) in [6.45, 7) is 7.61. The topological polar surface area (TPSA) is 81.2 Å². The number of hydrogen-bond donors (Lipinski definition) is 2. The SMILES string of the molecule is Cc1nc(C(=O)NCC(C)(C)N)oc1C. The maximum absolute atomic E-state index is 11.5. The first-order chi connectivity index (χ1) is 6.79. The Labute approximate surface area is 89.1 Å². The van der Waals surface area contributed by atoms with E-state index in [-0.39, 0.29) is 11.8 Å². The number of hydrogen-bond acceptors (Lipinski definition) is 4. The molecule has 1 amide bonds. The standard InChI is InChI=1S/C10H17N3O2/c1-6-7(2)15-9(13-6)8(14)12-5-10(3,4)11/h5,11H2,1-4H3,(H,12,14). The maximum Gasteiger partial charge on any atom is 0.307 e. The minimum absolute atomic E-state index is 0.0919. The molecule has 15 heavy (non-hydrogen) atoms. The van der Waals surface area contributed by atoms with Gasteiger partial charge in [0.1, 0.15) is 5.76 Å². The van der Waals surface area contributed by atoms with Gasteiger partial charge in [0.15, 0.2) is 0 Å². The summed E-state index contributed by atoms with van der Waals surface area (Å²) >= 11 is 0. The molecule has 0 aliphatic rings. The van der Waals surface area contributed by atoms with Gasteiger partial charge in [-0.15, -0.1) is 0 Å². The van der Waals surface area contributed by atoms with E-state index >= 15 is 0 Å². The summed E-state index contributed by atoms with van der Waals surface area (Å²) in [6.07, 6.45) is 0. The summed E-state index contributed by atoms with van der Waals surface area (Å²) in [6, 6.07) is 0. The number of aromatic nitrogens is 1. The summed E-state index contributed by atoms with van der Waals surface area (Å²) in [4.78, 5) is 15.5. The molecular weight excluding hydrogens is 194 g/mol. The quantitative estimate of drug-likeness (QED) is 0.773. The van der Waals surface area contributed by atoms with Crippen LogP contribution in [-0.4, -0.2) is 23.0 Å². The van der Waals surface area contributed by atoms with Crippen LogP contribution < -0.4 is 11.1 Å². The van der Waals surface area contributed by atoms with Crippen LogP contribution in [0.15, 0.2) is 4.42 Å². The Morgan fingerprint density at radius 2 is 2.13 bits per heavy atom. The third-order valence-electron chi connectivity index (χ3n) is 1.93. The predicted molar refractivity (Wildman–Crippen MR) is 56.6 cm³/mol. The third-order valence-corrected chi connectivity index (χ3v) is 1.93. The van der Waals surface area contributed by atoms with Gasteiger partial charge in [-0.3, -0.25) is 4.79 Å². The molecule has 1 heterocycles. The third kappa shape index (κ3) is 3.36. The molecule has 1 aromatic rings. The van der Waals surface area contributed by atoms with Crippen molar-refractivity contribution in [2.24, 2.45) is 5.73 Å². The average molecular weight is 211 g/mol. The van der Waals surface area contributed by atoms with Gasteiger partial charge in [-0.25, -0.2) is 4.98 Å². The van der Waals surface area contributed by atoms with Crippen molar-refractivity contribution >= 4 is 5.91 Å². The molecule has 0 saturated carbocycles. The van der Waals surface area contributed by atoms with Crippen molar-refractivity contribution < 1.29 is 9.21 Å². The van der Waals surface area contributed by atoms with Crippen LogP contribution in [0.4, 0.5) is 0 Å². The molecule has 3 N–H and O–H groups in total. The lowest BCUT2D eigenvalue weighted by Gasteiger charge is -2.17. The van der Waals surface area contributed by atoms with Gasteiger partial charge < -0.3 is 15.5 Å². The number of oxazole rings is 1. The normalized spacial score (nSPS) is 11.5. The van der Waals surface area contributed by atoms with Crippen molar-refractivity contribution in [2.75, 3.05) is 6.54 Å². The second-order valence-electron chi connectivity index (χ2n) is 4.33. The van der Waals surface area contributed by atoms with Gasteiger partial charge in [-0.2, -0.15) is 0 Å². The van der Waals surface area contributed by atoms with Crippen molar-refractivity contribution in [3.8, 4) is 0 Å². The van der Waals surface area contributed by atoms with Gasteiger partial charge in [0.2, 0.25) is 0 Å². The molecule has 0 aromatic carbocycles. The molecule has 0 spiro atoms. The van der Waals surface area contributed by atoms with E-state index in [2.05, 4.69) is 10.3 Å². The van der Waals surface area contributed by atoms with Crippen LogP contribution in [0.5, 0.6) is 0 Å². The largest absolute Gasteiger partial charge is 0.438 e. The number of carbonyl (C=O) groups is 1. The van der Waals surface area contributed by atoms with Crippen LogP contribution in [-0.2, 0) is 0 Å². The van der Waals surface area contributed by atoms with Gasteiger partial charge >= 0.3 is 5.91 Å². The van der Waals surface area contributed by atoms with Crippen LogP contribution in [0.3, 0.4) is 0 Å². The fourth-order valence-corrected chi connectivity index (χ4v) is 0.954. The van der Waals surface area contributed by atoms with Crippen LogP contribution in [0.1, 0.15) is 36.0 Å². The van der Waals surface area contributed by atoms with Gasteiger partial charge in [-0.05, 0) is 27.7 Å². The fourth-order valence-electron chi connectivity index (χ4n) is 0.954. The second kappa shape index (κ2) is 4.02. The minimum Gasteiger partial charge on any atom is -0.438 e. The van der Waals surface area contributed by atoms with E-state index in [4.69, 9.17) is 10.2 Å². The lowest BCUT2D eigenvalue weighted by Crippen LogP contribution is -2.45. The number of rotatable bonds is 3. The summed E-state index contributed by atoms with van der Waals surface area (Å²) in [5, 5.41) is 2.66. The Balaban J connectivity index is 2.62. The molecule has 1 rings (SSSR count). The smallest absolute Gasteiger partial charge is 0.307 e. The highest BCUT2D eigenvalue weighted by molar-refractivity contribution is 5.89. The fraction of sp³-hybridized carbons (Fsp3) is 0.600. The van der Waals surface area contributed by atoms with Crippen molar-refractivity contribution in [1.29, 1.82) is 0 Å². The van der Waals surface area contributed by atoms with E-state index in [0.717, 1.165) is 5.69 Å². The van der Waals surface area contributed by atoms with E-state index < -0.39 is 5.54 Å². The zero-order valence-electron chi connectivity index (χ0n) is 9.55. The van der Waals surface area contributed by atoms with E-state index in [1.807, 2.05) is 13.8 Å². The first-order valence-electron chi connectivity index (χ1n) is 4.81. The monoisotopic (exact) mass is 211 g/mol. The summed E-state index contributed by atoms with van der Waals surface area (Å²) in [7, 11) is 0. The predicted octanol–water partition coefficient (Wildman–Crippen LogP) is 0.759. The molecule has 0 radical (unpaired) electrons. The van der Waals surface area contributed by atoms with Crippen LogP contribution >= 0.6 is 0 Å². The van der Waals surface area contributed by atoms with E-state index in [9.17, 15) is 4.79 Å². The summed E-state index contributed by atoms with van der Waals surface area (Å²) in [5.41, 5.74) is 6.02. The summed E-state index contributed by atoms with van der Waals surface area (Å²) < 4.78 is 5.18. The van der Waals surface area contributed by atoms with Gasteiger partial charge in [0.05, 0.1) is 5.69 Å². The molecule has 1 aromatic heterocycles. The summed E-state index contributed by atoms with van der Waals surface area (Å²) in [5.74, 6) is 0.422. The molecule has 0 unspecified atom stereocenters. The molecule has 5 nitrogen and oxygen atoms in total. The Kier molecular flexibility index (Phi) is 3.14. The molecule has 5 heteroatoms. The van der Waals surface area contributed by atoms with E-state index in [1.54, 1.807) is 13.8 Å². The number of amides is 1. The first-order valence-corrected chi connectivity index (χ1v) is 4.81. The molecular formula is C10H17N3O2. The molecule has 0 saturated heterocycles. The van der Waals surface area contributed by atoms with Gasteiger partial charge in [0, 0.05) is 12.1 Å². The van der Waals surface area contributed by atoms with Gasteiger partial charge in [-0.1, -0.05) is 0 Å². The lowest BCUT2D eigenvalue weighted by atomic mass is 10.1. The molecule has 84 valence electrons. The average Bonchev–Trinajstić information content (AvgIpc) is 2.42. The highest BCUT2D eigenvalue weighted by Gasteiger charge is 2.17. The molecule has 0 aliphatic heterocycles. The lowest BCUT2D eigenvalue weighted by molar-refractivity contribution is 0.0910. The van der Waals surface area contributed by atoms with Crippen molar-refractivity contribution in [3.63, 3.8) is 0 Å². The van der Waals surface area contributed by atoms with Crippen molar-refractivity contribution in [1.82, 2.24) is 10.3 Å². The van der Waals surface area contributed by atoms with E-state index in [0.29, 0.717) is 12.3 Å². The maximum atomic E-state index is 11.5. The van der Waals surface area contributed by atoms with Gasteiger partial charge in [0.25, 0.3) is 5.89 Å². The molecule has 0 atom stereocenters. The highest BCUT2D eigenvalue weighted by atomic mass is 16.4. The number of nitrogens with one attached hydrogen (secondary N) is 1. The zero-order valence-corrected chi connectivity index (χ0v) is 9.55. The Morgan fingerprint density at radius 1 is 1.53 bits per heavy atom. The van der Waals surface area contributed by atoms with Crippen molar-refractivity contribution in [3.05, 3.63) is 17.3 Å². The number of nitrogens with zero attached hydrogens (tertiary/aromatic N) is 1. The molecule has 0 fully saturated rings. The highest BCUT2D eigenvalue weighted by Crippen LogP contribution is 2.08. The Bertz CT molecular complexity index is 344. The van der Waals surface area contributed by atoms with Crippen LogP contribution in [0.2, 0.25) is 0 Å².